The van der Waals surface area contributed by atoms with Gasteiger partial charge in [0.15, 0.2) is 12.2 Å². The molecule has 2 unspecified atom stereocenters. The topological polar surface area (TPSA) is 64.6 Å². The van der Waals surface area contributed by atoms with Crippen molar-refractivity contribution in [1.29, 1.82) is 0 Å². The summed E-state index contributed by atoms with van der Waals surface area (Å²) in [6.07, 6.45) is -0.198. The van der Waals surface area contributed by atoms with Gasteiger partial charge < -0.3 is 14.8 Å². The number of carbonyl (C=O) groups is 2. The summed E-state index contributed by atoms with van der Waals surface area (Å²) in [4.78, 5) is 23.5. The predicted molar refractivity (Wildman–Crippen MR) is 79.4 cm³/mol. The third kappa shape index (κ3) is 6.05. The molecule has 1 rings (SSSR count). The third-order valence-corrected chi connectivity index (χ3v) is 2.84. The Morgan fingerprint density at radius 3 is 2.50 bits per heavy atom. The van der Waals surface area contributed by atoms with Gasteiger partial charge in [-0.3, -0.25) is 4.79 Å². The second-order valence-corrected chi connectivity index (χ2v) is 4.69. The van der Waals surface area contributed by atoms with E-state index >= 15 is 0 Å². The van der Waals surface area contributed by atoms with Gasteiger partial charge in [-0.1, -0.05) is 18.2 Å². The Morgan fingerprint density at radius 2 is 1.91 bits per heavy atom. The molecule has 1 N–H and O–H groups in total. The Labute approximate surface area is 129 Å². The highest BCUT2D eigenvalue weighted by Gasteiger charge is 2.21. The van der Waals surface area contributed by atoms with Gasteiger partial charge in [-0.05, 0) is 31.5 Å². The van der Waals surface area contributed by atoms with Crippen molar-refractivity contribution in [3.8, 4) is 0 Å². The Kier molecular flexibility index (Phi) is 7.25. The molecule has 1 amide bonds. The van der Waals surface area contributed by atoms with Crippen LogP contribution in [0.3, 0.4) is 0 Å². The van der Waals surface area contributed by atoms with Gasteiger partial charge in [-0.2, -0.15) is 0 Å². The number of rotatable bonds is 8. The van der Waals surface area contributed by atoms with Crippen molar-refractivity contribution in [2.24, 2.45) is 0 Å². The number of ether oxygens (including phenoxy) is 2. The monoisotopic (exact) mass is 309 g/mol. The number of carbonyl (C=O) groups excluding carboxylic acids is 2. The summed E-state index contributed by atoms with van der Waals surface area (Å²) in [5, 5.41) is 2.61. The van der Waals surface area contributed by atoms with Gasteiger partial charge in [-0.25, -0.2) is 9.18 Å². The molecular weight excluding hydrogens is 289 g/mol. The minimum Gasteiger partial charge on any atom is -0.451 e. The lowest BCUT2D eigenvalue weighted by Crippen LogP contribution is -2.37. The van der Waals surface area contributed by atoms with Gasteiger partial charge >= 0.3 is 5.97 Å². The summed E-state index contributed by atoms with van der Waals surface area (Å²) >= 11 is 0. The van der Waals surface area contributed by atoms with Crippen LogP contribution >= 0.6 is 0 Å². The zero-order valence-electron chi connectivity index (χ0n) is 12.7. The maximum Gasteiger partial charge on any atom is 0.335 e. The largest absolute Gasteiger partial charge is 0.451 e. The minimum absolute atomic E-state index is 0.224. The standard InChI is InChI=1S/C16H20FNO4/c1-4-9-21-12(3)16(20)22-11(2)15(19)18-10-13-5-7-14(17)8-6-13/h4-8,11-12H,1,9-10H2,2-3H3,(H,18,19). The van der Waals surface area contributed by atoms with E-state index in [1.165, 1.54) is 32.1 Å². The molecule has 2 atom stereocenters. The summed E-state index contributed by atoms with van der Waals surface area (Å²) in [7, 11) is 0. The van der Waals surface area contributed by atoms with Crippen molar-refractivity contribution in [2.75, 3.05) is 6.61 Å². The van der Waals surface area contributed by atoms with E-state index < -0.39 is 24.1 Å². The number of halogens is 1. The SMILES string of the molecule is C=CCOC(C)C(=O)OC(C)C(=O)NCc1ccc(F)cc1. The van der Waals surface area contributed by atoms with E-state index in [9.17, 15) is 14.0 Å². The zero-order valence-corrected chi connectivity index (χ0v) is 12.7. The molecule has 0 radical (unpaired) electrons. The molecule has 0 spiro atoms. The Balaban J connectivity index is 2.39. The summed E-state index contributed by atoms with van der Waals surface area (Å²) in [6.45, 7) is 6.93. The van der Waals surface area contributed by atoms with Crippen LogP contribution in [0.1, 0.15) is 19.4 Å². The fourth-order valence-corrected chi connectivity index (χ4v) is 1.54. The molecule has 0 bridgehead atoms. The lowest BCUT2D eigenvalue weighted by Gasteiger charge is -2.16. The molecule has 5 nitrogen and oxygen atoms in total. The Bertz CT molecular complexity index is 515. The molecule has 0 saturated heterocycles. The van der Waals surface area contributed by atoms with Crippen molar-refractivity contribution in [3.05, 3.63) is 48.3 Å². The van der Waals surface area contributed by atoms with Gasteiger partial charge in [0.1, 0.15) is 5.82 Å². The van der Waals surface area contributed by atoms with Gasteiger partial charge in [0.05, 0.1) is 6.61 Å². The first kappa shape index (κ1) is 17.8. The van der Waals surface area contributed by atoms with Crippen LogP contribution < -0.4 is 5.32 Å². The summed E-state index contributed by atoms with van der Waals surface area (Å²) in [5.41, 5.74) is 0.746. The quantitative estimate of drug-likeness (QED) is 0.589. The fraction of sp³-hybridized carbons (Fsp3) is 0.375. The molecule has 1 aromatic carbocycles. The first-order valence-electron chi connectivity index (χ1n) is 6.89. The number of amides is 1. The van der Waals surface area contributed by atoms with E-state index in [1.807, 2.05) is 0 Å². The highest BCUT2D eigenvalue weighted by atomic mass is 19.1. The molecule has 0 heterocycles. The number of benzene rings is 1. The first-order chi connectivity index (χ1) is 10.4. The van der Waals surface area contributed by atoms with E-state index in [1.54, 1.807) is 12.1 Å². The molecule has 0 aromatic heterocycles. The van der Waals surface area contributed by atoms with Crippen LogP contribution in [0.5, 0.6) is 0 Å². The second kappa shape index (κ2) is 8.94. The van der Waals surface area contributed by atoms with E-state index in [2.05, 4.69) is 11.9 Å². The first-order valence-corrected chi connectivity index (χ1v) is 6.89. The molecule has 0 saturated carbocycles. The van der Waals surface area contributed by atoms with Crippen molar-refractivity contribution in [1.82, 2.24) is 5.32 Å². The van der Waals surface area contributed by atoms with Crippen LogP contribution in [-0.4, -0.2) is 30.7 Å². The molecular formula is C16H20FNO4. The molecule has 0 aliphatic rings. The lowest BCUT2D eigenvalue weighted by molar-refractivity contribution is -0.164. The highest BCUT2D eigenvalue weighted by molar-refractivity contribution is 5.84. The number of esters is 1. The normalized spacial score (nSPS) is 13.0. The van der Waals surface area contributed by atoms with Gasteiger partial charge in [-0.15, -0.1) is 6.58 Å². The zero-order chi connectivity index (χ0) is 16.5. The van der Waals surface area contributed by atoms with E-state index in [0.717, 1.165) is 5.56 Å². The molecule has 0 fully saturated rings. The van der Waals surface area contributed by atoms with Crippen molar-refractivity contribution in [3.63, 3.8) is 0 Å². The third-order valence-electron chi connectivity index (χ3n) is 2.84. The average molecular weight is 309 g/mol. The van der Waals surface area contributed by atoms with Crippen molar-refractivity contribution < 1.29 is 23.5 Å². The second-order valence-electron chi connectivity index (χ2n) is 4.69. The van der Waals surface area contributed by atoms with E-state index in [0.29, 0.717) is 0 Å². The lowest BCUT2D eigenvalue weighted by atomic mass is 10.2. The smallest absolute Gasteiger partial charge is 0.335 e. The van der Waals surface area contributed by atoms with E-state index in [-0.39, 0.29) is 19.0 Å². The predicted octanol–water partition coefficient (Wildman–Crippen LogP) is 1.96. The number of hydrogen-bond donors (Lipinski definition) is 1. The van der Waals surface area contributed by atoms with Crippen LogP contribution in [0.15, 0.2) is 36.9 Å². The highest BCUT2D eigenvalue weighted by Crippen LogP contribution is 2.03. The summed E-state index contributed by atoms with van der Waals surface area (Å²) in [5.74, 6) is -1.40. The molecule has 0 aliphatic carbocycles. The molecule has 6 heteroatoms. The van der Waals surface area contributed by atoms with E-state index in [4.69, 9.17) is 9.47 Å². The molecule has 120 valence electrons. The van der Waals surface area contributed by atoms with Crippen LogP contribution in [0.2, 0.25) is 0 Å². The maximum absolute atomic E-state index is 12.8. The minimum atomic E-state index is -0.942. The van der Waals surface area contributed by atoms with Gasteiger partial charge in [0.2, 0.25) is 0 Å². The van der Waals surface area contributed by atoms with Crippen molar-refractivity contribution in [2.45, 2.75) is 32.6 Å². The Hall–Kier alpha value is -2.21. The fourth-order valence-electron chi connectivity index (χ4n) is 1.54. The summed E-state index contributed by atoms with van der Waals surface area (Å²) in [6, 6.07) is 5.75. The van der Waals surface area contributed by atoms with Crippen LogP contribution in [0.25, 0.3) is 0 Å². The van der Waals surface area contributed by atoms with Crippen LogP contribution in [0.4, 0.5) is 4.39 Å². The molecule has 22 heavy (non-hydrogen) atoms. The van der Waals surface area contributed by atoms with Gasteiger partial charge in [0.25, 0.3) is 5.91 Å². The van der Waals surface area contributed by atoms with Crippen molar-refractivity contribution >= 4 is 11.9 Å². The van der Waals surface area contributed by atoms with Crippen LogP contribution in [0, 0.1) is 5.82 Å². The maximum atomic E-state index is 12.8. The number of nitrogens with one attached hydrogen (secondary N) is 1. The summed E-state index contributed by atoms with van der Waals surface area (Å²) < 4.78 is 22.9. The molecule has 1 aromatic rings. The molecule has 0 aliphatic heterocycles. The van der Waals surface area contributed by atoms with Crippen LogP contribution in [-0.2, 0) is 25.6 Å². The van der Waals surface area contributed by atoms with Gasteiger partial charge in [0, 0.05) is 6.54 Å². The number of hydrogen-bond acceptors (Lipinski definition) is 4. The Morgan fingerprint density at radius 1 is 1.27 bits per heavy atom. The average Bonchev–Trinajstić information content (AvgIpc) is 2.51.